The Morgan fingerprint density at radius 2 is 0.760 bits per heavy atom. The average molecular weight is 637 g/mol. The number of hydrogen-bond acceptors (Lipinski definition) is 6. The summed E-state index contributed by atoms with van der Waals surface area (Å²) in [7, 11) is 0. The van der Waals surface area contributed by atoms with Gasteiger partial charge in [0.15, 0.2) is 0 Å². The van der Waals surface area contributed by atoms with Crippen LogP contribution in [0.25, 0.3) is 88.1 Å². The molecule has 0 aliphatic carbocycles. The molecule has 0 spiro atoms. The second kappa shape index (κ2) is 11.8. The van der Waals surface area contributed by atoms with Crippen molar-refractivity contribution in [1.29, 1.82) is 10.5 Å². The maximum Gasteiger partial charge on any atom is 0.141 e. The Hall–Kier alpha value is -7.28. The Kier molecular flexibility index (Phi) is 6.79. The summed E-state index contributed by atoms with van der Waals surface area (Å²) in [4.78, 5) is 18.9. The van der Waals surface area contributed by atoms with E-state index in [9.17, 15) is 10.5 Å². The van der Waals surface area contributed by atoms with Crippen molar-refractivity contribution in [3.63, 3.8) is 0 Å². The van der Waals surface area contributed by atoms with E-state index in [1.165, 1.54) is 0 Å². The van der Waals surface area contributed by atoms with Crippen LogP contribution < -0.4 is 0 Å². The number of rotatable bonds is 4. The fraction of sp³-hybridized carbons (Fsp3) is 0. The van der Waals surface area contributed by atoms with Crippen molar-refractivity contribution in [2.24, 2.45) is 0 Å². The second-order valence-electron chi connectivity index (χ2n) is 12.0. The van der Waals surface area contributed by atoms with Crippen LogP contribution in [-0.2, 0) is 0 Å². The molecule has 0 atom stereocenters. The molecule has 50 heavy (non-hydrogen) atoms. The topological polar surface area (TPSA) is 99.1 Å². The highest BCUT2D eigenvalue weighted by molar-refractivity contribution is 6.36. The van der Waals surface area contributed by atoms with E-state index in [-0.39, 0.29) is 0 Å². The molecule has 6 nitrogen and oxygen atoms in total. The highest BCUT2D eigenvalue weighted by Gasteiger charge is 2.23. The zero-order chi connectivity index (χ0) is 33.6. The quantitative estimate of drug-likeness (QED) is 0.141. The molecule has 0 amide bonds. The molecule has 0 fully saturated rings. The van der Waals surface area contributed by atoms with E-state index in [0.717, 1.165) is 88.1 Å². The molecule has 9 rings (SSSR count). The van der Waals surface area contributed by atoms with Gasteiger partial charge in [-0.05, 0) is 80.8 Å². The Balaban J connectivity index is 1.45. The molecule has 9 aromatic rings. The van der Waals surface area contributed by atoms with Gasteiger partial charge in [0.05, 0.1) is 22.8 Å². The van der Waals surface area contributed by atoms with E-state index in [1.54, 1.807) is 24.5 Å². The lowest BCUT2D eigenvalue weighted by atomic mass is 9.83. The molecular formula is C44H24N6. The Morgan fingerprint density at radius 1 is 0.380 bits per heavy atom. The van der Waals surface area contributed by atoms with Crippen molar-refractivity contribution < 1.29 is 0 Å². The number of pyridine rings is 4. The van der Waals surface area contributed by atoms with Crippen LogP contribution in [0.4, 0.5) is 0 Å². The summed E-state index contributed by atoms with van der Waals surface area (Å²) in [5, 5.41) is 27.9. The minimum Gasteiger partial charge on any atom is -0.248 e. The van der Waals surface area contributed by atoms with Crippen LogP contribution in [0.1, 0.15) is 11.4 Å². The molecule has 0 bridgehead atoms. The second-order valence-corrected chi connectivity index (χ2v) is 12.0. The van der Waals surface area contributed by atoms with Crippen LogP contribution in [0, 0.1) is 22.7 Å². The first-order valence-corrected chi connectivity index (χ1v) is 16.2. The molecule has 4 aromatic heterocycles. The summed E-state index contributed by atoms with van der Waals surface area (Å²) in [6.07, 6.45) is 3.30. The van der Waals surface area contributed by atoms with Crippen LogP contribution in [0.15, 0.2) is 146 Å². The molecule has 0 N–H and O–H groups in total. The fourth-order valence-corrected chi connectivity index (χ4v) is 7.15. The number of aromatic nitrogens is 4. The normalized spacial score (nSPS) is 11.2. The Morgan fingerprint density at radius 3 is 1.18 bits per heavy atom. The molecule has 0 saturated carbocycles. The van der Waals surface area contributed by atoms with Crippen molar-refractivity contribution in [1.82, 2.24) is 19.9 Å². The predicted molar refractivity (Wildman–Crippen MR) is 199 cm³/mol. The van der Waals surface area contributed by atoms with Crippen LogP contribution in [0.5, 0.6) is 0 Å². The first-order valence-electron chi connectivity index (χ1n) is 16.2. The van der Waals surface area contributed by atoms with Crippen molar-refractivity contribution in [3.8, 4) is 57.2 Å². The number of hydrogen-bond donors (Lipinski definition) is 0. The van der Waals surface area contributed by atoms with Gasteiger partial charge in [0.2, 0.25) is 0 Å². The van der Waals surface area contributed by atoms with E-state index in [0.29, 0.717) is 11.4 Å². The van der Waals surface area contributed by atoms with E-state index in [4.69, 9.17) is 9.97 Å². The summed E-state index contributed by atoms with van der Waals surface area (Å²) in [5.74, 6) is 0. The highest BCUT2D eigenvalue weighted by Crippen LogP contribution is 2.49. The van der Waals surface area contributed by atoms with Crippen molar-refractivity contribution >= 4 is 43.1 Å². The van der Waals surface area contributed by atoms with E-state index in [1.807, 2.05) is 36.4 Å². The summed E-state index contributed by atoms with van der Waals surface area (Å²) in [6.45, 7) is 0. The van der Waals surface area contributed by atoms with Gasteiger partial charge in [-0.15, -0.1) is 0 Å². The minimum atomic E-state index is 0.345. The molecule has 0 aliphatic rings. The van der Waals surface area contributed by atoms with Gasteiger partial charge in [-0.3, -0.25) is 0 Å². The third-order valence-corrected chi connectivity index (χ3v) is 9.25. The molecule has 4 heterocycles. The SMILES string of the molecule is N#Cc1cc(-c2cccc(-c3c4ccccc4c(-c4cccc(-c5ccnc(C#N)c5)n4)c4c5ccccc5c5ccccc5c34)n2)ccn1. The van der Waals surface area contributed by atoms with E-state index in [2.05, 4.69) is 107 Å². The molecular weight excluding hydrogens is 613 g/mol. The number of nitriles is 2. The third kappa shape index (κ3) is 4.64. The zero-order valence-corrected chi connectivity index (χ0v) is 26.5. The lowest BCUT2D eigenvalue weighted by Crippen LogP contribution is -1.97. The largest absolute Gasteiger partial charge is 0.248 e. The van der Waals surface area contributed by atoms with Crippen LogP contribution in [0.2, 0.25) is 0 Å². The fourth-order valence-electron chi connectivity index (χ4n) is 7.15. The van der Waals surface area contributed by atoms with Gasteiger partial charge in [0.1, 0.15) is 23.5 Å². The lowest BCUT2D eigenvalue weighted by Gasteiger charge is -2.21. The van der Waals surface area contributed by atoms with Gasteiger partial charge in [-0.25, -0.2) is 19.9 Å². The molecule has 0 saturated heterocycles. The first-order chi connectivity index (χ1) is 24.7. The molecule has 0 aliphatic heterocycles. The van der Waals surface area contributed by atoms with Crippen molar-refractivity contribution in [2.45, 2.75) is 0 Å². The van der Waals surface area contributed by atoms with Gasteiger partial charge in [-0.2, -0.15) is 10.5 Å². The van der Waals surface area contributed by atoms with E-state index >= 15 is 0 Å². The third-order valence-electron chi connectivity index (χ3n) is 9.25. The Labute approximate surface area is 287 Å². The molecule has 230 valence electrons. The van der Waals surface area contributed by atoms with Crippen molar-refractivity contribution in [2.75, 3.05) is 0 Å². The summed E-state index contributed by atoms with van der Waals surface area (Å²) >= 11 is 0. The predicted octanol–water partition coefficient (Wildman–Crippen LogP) is 10.3. The minimum absolute atomic E-state index is 0.345. The highest BCUT2D eigenvalue weighted by atomic mass is 14.7. The first kappa shape index (κ1) is 28.9. The summed E-state index contributed by atoms with van der Waals surface area (Å²) in [6, 6.07) is 49.3. The Bertz CT molecular complexity index is 2720. The van der Waals surface area contributed by atoms with Gasteiger partial charge in [-0.1, -0.05) is 84.9 Å². The summed E-state index contributed by atoms with van der Waals surface area (Å²) in [5.41, 5.74) is 7.58. The molecule has 6 heteroatoms. The maximum absolute atomic E-state index is 9.54. The monoisotopic (exact) mass is 636 g/mol. The molecule has 0 radical (unpaired) electrons. The summed E-state index contributed by atoms with van der Waals surface area (Å²) < 4.78 is 0. The standard InChI is InChI=1S/C44H24N6/c45-25-29-23-27(19-21-47-29)37-15-7-17-39(49-37)41-35-13-5-6-14-36(35)42(40-18-8-16-38(50-40)28-20-22-48-30(24-28)26-46)44-34-12-4-2-10-32(34)31-9-1-3-11-33(31)43(41)44/h1-24H. The van der Waals surface area contributed by atoms with Crippen LogP contribution >= 0.6 is 0 Å². The number of nitrogens with zero attached hydrogens (tertiary/aromatic N) is 6. The molecule has 5 aromatic carbocycles. The zero-order valence-electron chi connectivity index (χ0n) is 26.5. The lowest BCUT2D eigenvalue weighted by molar-refractivity contribution is 1.25. The van der Waals surface area contributed by atoms with Gasteiger partial charge in [0, 0.05) is 45.4 Å². The molecule has 0 unspecified atom stereocenters. The van der Waals surface area contributed by atoms with Gasteiger partial charge >= 0.3 is 0 Å². The number of fused-ring (bicyclic) bond motifs is 7. The van der Waals surface area contributed by atoms with Gasteiger partial charge in [0.25, 0.3) is 0 Å². The van der Waals surface area contributed by atoms with Gasteiger partial charge < -0.3 is 0 Å². The van der Waals surface area contributed by atoms with Crippen LogP contribution in [-0.4, -0.2) is 19.9 Å². The van der Waals surface area contributed by atoms with E-state index < -0.39 is 0 Å². The maximum atomic E-state index is 9.54. The smallest absolute Gasteiger partial charge is 0.141 e. The van der Waals surface area contributed by atoms with Crippen molar-refractivity contribution in [3.05, 3.63) is 157 Å². The number of benzene rings is 5. The average Bonchev–Trinajstić information content (AvgIpc) is 3.20. The van der Waals surface area contributed by atoms with Crippen LogP contribution in [0.3, 0.4) is 0 Å².